The predicted molar refractivity (Wildman–Crippen MR) is 110 cm³/mol. The molecule has 8 nitrogen and oxygen atoms in total. The Balaban J connectivity index is 1.53. The van der Waals surface area contributed by atoms with Gasteiger partial charge in [0.2, 0.25) is 5.91 Å². The number of carbonyl (C=O) groups excluding carboxylic acids is 2. The third-order valence-electron chi connectivity index (χ3n) is 6.78. The minimum absolute atomic E-state index is 0.0462. The Bertz CT molecular complexity index is 758. The molecule has 2 aliphatic heterocycles. The zero-order chi connectivity index (χ0) is 20.6. The normalized spacial score (nSPS) is 27.4. The number of amides is 3. The van der Waals surface area contributed by atoms with Gasteiger partial charge in [0.25, 0.3) is 0 Å². The first kappa shape index (κ1) is 20.2. The zero-order valence-electron chi connectivity index (χ0n) is 17.9. The van der Waals surface area contributed by atoms with E-state index < -0.39 is 5.41 Å². The summed E-state index contributed by atoms with van der Waals surface area (Å²) in [6, 6.07) is 0.0462. The predicted octanol–water partition coefficient (Wildman–Crippen LogP) is 1.14. The Morgan fingerprint density at radius 1 is 1.31 bits per heavy atom. The van der Waals surface area contributed by atoms with Crippen molar-refractivity contribution >= 4 is 11.9 Å². The standard InChI is InChI=1S/C21H34N6O2/c1-24(2)20(29)27-8-4-7-21(19(28)22-9-16-5-6-16)15-26(13-18(21)14-27)12-17-10-23-25(3)11-17/h10-11,16,18H,4-9,12-15H2,1-3H3,(H,22,28)/t18-,21+/m0/s1. The Labute approximate surface area is 173 Å². The molecule has 1 aliphatic carbocycles. The number of aryl methyl sites for hydroxylation is 1. The minimum atomic E-state index is -0.404. The summed E-state index contributed by atoms with van der Waals surface area (Å²) in [5.74, 6) is 1.02. The summed E-state index contributed by atoms with van der Waals surface area (Å²) in [5.41, 5.74) is 0.761. The molecule has 3 aliphatic rings. The molecular formula is C21H34N6O2. The van der Waals surface area contributed by atoms with Crippen LogP contribution in [0.1, 0.15) is 31.2 Å². The van der Waals surface area contributed by atoms with Crippen molar-refractivity contribution in [3.8, 4) is 0 Å². The number of rotatable bonds is 5. The highest BCUT2D eigenvalue weighted by Gasteiger charge is 2.53. The zero-order valence-corrected chi connectivity index (χ0v) is 17.9. The van der Waals surface area contributed by atoms with Crippen LogP contribution in [0.4, 0.5) is 4.79 Å². The van der Waals surface area contributed by atoms with E-state index in [1.807, 2.05) is 29.0 Å². The van der Waals surface area contributed by atoms with Crippen molar-refractivity contribution in [2.75, 3.05) is 46.8 Å². The van der Waals surface area contributed by atoms with E-state index in [-0.39, 0.29) is 17.9 Å². The average Bonchev–Trinajstić information content (AvgIpc) is 3.38. The summed E-state index contributed by atoms with van der Waals surface area (Å²) in [7, 11) is 5.52. The van der Waals surface area contributed by atoms with E-state index in [9.17, 15) is 9.59 Å². The van der Waals surface area contributed by atoms with Crippen LogP contribution in [-0.2, 0) is 18.4 Å². The van der Waals surface area contributed by atoms with Crippen LogP contribution in [-0.4, -0.2) is 83.2 Å². The summed E-state index contributed by atoms with van der Waals surface area (Å²) in [6.07, 6.45) is 8.11. The highest BCUT2D eigenvalue weighted by molar-refractivity contribution is 5.84. The number of carbonyl (C=O) groups is 2. The second-order valence-electron chi connectivity index (χ2n) is 9.42. The number of hydrogen-bond donors (Lipinski definition) is 1. The molecule has 29 heavy (non-hydrogen) atoms. The SMILES string of the molecule is CN(C)C(=O)N1CCC[C@@]2(C(=O)NCC3CC3)CN(Cc3cnn(C)c3)C[C@H]2C1. The number of likely N-dealkylation sites (tertiary alicyclic amines) is 2. The van der Waals surface area contributed by atoms with Crippen molar-refractivity contribution in [1.29, 1.82) is 0 Å². The van der Waals surface area contributed by atoms with Gasteiger partial charge in [-0.15, -0.1) is 0 Å². The van der Waals surface area contributed by atoms with Gasteiger partial charge in [0, 0.05) is 78.1 Å². The lowest BCUT2D eigenvalue weighted by molar-refractivity contribution is -0.133. The van der Waals surface area contributed by atoms with Crippen LogP contribution < -0.4 is 5.32 Å². The van der Waals surface area contributed by atoms with Crippen LogP contribution in [0.5, 0.6) is 0 Å². The summed E-state index contributed by atoms with van der Waals surface area (Å²) >= 11 is 0. The van der Waals surface area contributed by atoms with Gasteiger partial charge in [-0.1, -0.05) is 0 Å². The highest BCUT2D eigenvalue weighted by Crippen LogP contribution is 2.43. The number of hydrogen-bond acceptors (Lipinski definition) is 4. The number of fused-ring (bicyclic) bond motifs is 1. The maximum atomic E-state index is 13.4. The Hall–Kier alpha value is -2.09. The van der Waals surface area contributed by atoms with Gasteiger partial charge in [0.05, 0.1) is 11.6 Å². The van der Waals surface area contributed by atoms with Gasteiger partial charge in [-0.25, -0.2) is 4.79 Å². The van der Waals surface area contributed by atoms with Gasteiger partial charge in [-0.3, -0.25) is 14.4 Å². The maximum Gasteiger partial charge on any atom is 0.319 e. The third kappa shape index (κ3) is 4.27. The summed E-state index contributed by atoms with van der Waals surface area (Å²) < 4.78 is 1.82. The molecule has 3 amide bonds. The second-order valence-corrected chi connectivity index (χ2v) is 9.42. The van der Waals surface area contributed by atoms with Crippen LogP contribution in [0.15, 0.2) is 12.4 Å². The van der Waals surface area contributed by atoms with Gasteiger partial charge in [-0.2, -0.15) is 5.10 Å². The molecule has 2 saturated heterocycles. The van der Waals surface area contributed by atoms with Crippen LogP contribution >= 0.6 is 0 Å². The molecule has 1 saturated carbocycles. The molecule has 160 valence electrons. The van der Waals surface area contributed by atoms with Crippen molar-refractivity contribution in [2.24, 2.45) is 24.3 Å². The molecule has 2 atom stereocenters. The first-order chi connectivity index (χ1) is 13.9. The number of nitrogens with one attached hydrogen (secondary N) is 1. The Kier molecular flexibility index (Phi) is 5.55. The molecule has 0 unspecified atom stereocenters. The van der Waals surface area contributed by atoms with E-state index in [1.54, 1.807) is 19.0 Å². The number of aromatic nitrogens is 2. The first-order valence-corrected chi connectivity index (χ1v) is 10.8. The molecule has 0 spiro atoms. The van der Waals surface area contributed by atoms with E-state index in [0.29, 0.717) is 12.5 Å². The van der Waals surface area contributed by atoms with Crippen molar-refractivity contribution in [1.82, 2.24) is 29.8 Å². The minimum Gasteiger partial charge on any atom is -0.355 e. The van der Waals surface area contributed by atoms with Crippen molar-refractivity contribution in [3.63, 3.8) is 0 Å². The molecule has 3 fully saturated rings. The molecule has 1 N–H and O–H groups in total. The molecule has 4 rings (SSSR count). The molecule has 0 aromatic carbocycles. The van der Waals surface area contributed by atoms with E-state index in [1.165, 1.54) is 18.4 Å². The fourth-order valence-electron chi connectivity index (χ4n) is 5.03. The average molecular weight is 403 g/mol. The lowest BCUT2D eigenvalue weighted by Crippen LogP contribution is -2.49. The van der Waals surface area contributed by atoms with Crippen LogP contribution in [0, 0.1) is 17.3 Å². The van der Waals surface area contributed by atoms with E-state index in [4.69, 9.17) is 0 Å². The second kappa shape index (κ2) is 7.97. The lowest BCUT2D eigenvalue weighted by Gasteiger charge is -2.33. The highest BCUT2D eigenvalue weighted by atomic mass is 16.2. The Morgan fingerprint density at radius 3 is 2.76 bits per heavy atom. The molecular weight excluding hydrogens is 368 g/mol. The largest absolute Gasteiger partial charge is 0.355 e. The smallest absolute Gasteiger partial charge is 0.319 e. The first-order valence-electron chi connectivity index (χ1n) is 10.8. The van der Waals surface area contributed by atoms with Gasteiger partial charge in [0.15, 0.2) is 0 Å². The van der Waals surface area contributed by atoms with E-state index in [0.717, 1.165) is 45.6 Å². The molecule has 1 aromatic rings. The quantitative estimate of drug-likeness (QED) is 0.802. The summed E-state index contributed by atoms with van der Waals surface area (Å²) in [6.45, 7) is 4.57. The fraction of sp³-hybridized carbons (Fsp3) is 0.762. The molecule has 8 heteroatoms. The maximum absolute atomic E-state index is 13.4. The number of urea groups is 1. The fourth-order valence-corrected chi connectivity index (χ4v) is 5.03. The van der Waals surface area contributed by atoms with E-state index >= 15 is 0 Å². The van der Waals surface area contributed by atoms with Crippen LogP contribution in [0.2, 0.25) is 0 Å². The molecule has 3 heterocycles. The van der Waals surface area contributed by atoms with Gasteiger partial charge < -0.3 is 15.1 Å². The van der Waals surface area contributed by atoms with Crippen molar-refractivity contribution < 1.29 is 9.59 Å². The van der Waals surface area contributed by atoms with Crippen molar-refractivity contribution in [2.45, 2.75) is 32.2 Å². The topological polar surface area (TPSA) is 73.7 Å². The van der Waals surface area contributed by atoms with Crippen LogP contribution in [0.3, 0.4) is 0 Å². The van der Waals surface area contributed by atoms with E-state index in [2.05, 4.69) is 15.3 Å². The van der Waals surface area contributed by atoms with Gasteiger partial charge in [-0.05, 0) is 31.6 Å². The summed E-state index contributed by atoms with van der Waals surface area (Å²) in [4.78, 5) is 32.0. The third-order valence-corrected chi connectivity index (χ3v) is 6.78. The number of nitrogens with zero attached hydrogens (tertiary/aromatic N) is 5. The van der Waals surface area contributed by atoms with Crippen molar-refractivity contribution in [3.05, 3.63) is 18.0 Å². The molecule has 1 aromatic heterocycles. The Morgan fingerprint density at radius 2 is 2.10 bits per heavy atom. The molecule has 0 bridgehead atoms. The molecule has 0 radical (unpaired) electrons. The monoisotopic (exact) mass is 402 g/mol. The summed E-state index contributed by atoms with van der Waals surface area (Å²) in [5, 5.41) is 7.54. The lowest BCUT2D eigenvalue weighted by atomic mass is 9.74. The van der Waals surface area contributed by atoms with Gasteiger partial charge in [0.1, 0.15) is 0 Å². The van der Waals surface area contributed by atoms with Crippen LogP contribution in [0.25, 0.3) is 0 Å². The van der Waals surface area contributed by atoms with Gasteiger partial charge >= 0.3 is 6.03 Å².